The van der Waals surface area contributed by atoms with E-state index in [-0.39, 0.29) is 0 Å². The molecule has 0 bridgehead atoms. The van der Waals surface area contributed by atoms with Gasteiger partial charge >= 0.3 is 0 Å². The molecule has 198 valence electrons. The smallest absolute Gasteiger partial charge is 0.159 e. The normalized spacial score (nSPS) is 11.7. The van der Waals surface area contributed by atoms with Crippen LogP contribution in [0, 0.1) is 22.7 Å². The van der Waals surface area contributed by atoms with Gasteiger partial charge in [0.2, 0.25) is 0 Å². The van der Waals surface area contributed by atoms with Crippen molar-refractivity contribution < 1.29 is 4.42 Å². The van der Waals surface area contributed by atoms with Crippen LogP contribution in [0.4, 0.5) is 0 Å². The minimum Gasteiger partial charge on any atom is -0.454 e. The number of furan rings is 1. The van der Waals surface area contributed by atoms with Crippen molar-refractivity contribution in [3.63, 3.8) is 0 Å². The van der Waals surface area contributed by atoms with E-state index in [1.54, 1.807) is 6.07 Å². The summed E-state index contributed by atoms with van der Waals surface area (Å²) >= 11 is 0. The summed E-state index contributed by atoms with van der Waals surface area (Å²) in [5.74, 6) is 0. The lowest BCUT2D eigenvalue weighted by molar-refractivity contribution is 0.666. The van der Waals surface area contributed by atoms with Gasteiger partial charge in [0.15, 0.2) is 5.58 Å². The Hall–Kier alpha value is -6.30. The predicted molar refractivity (Wildman–Crippen MR) is 172 cm³/mol. The highest BCUT2D eigenvalue weighted by Crippen LogP contribution is 2.40. The number of nitrogens with zero attached hydrogens (tertiary/aromatic N) is 4. The molecule has 3 heterocycles. The first-order valence-electron chi connectivity index (χ1n) is 14.1. The Morgan fingerprint density at radius 1 is 0.465 bits per heavy atom. The molecule has 5 nitrogen and oxygen atoms in total. The van der Waals surface area contributed by atoms with Crippen LogP contribution in [-0.2, 0) is 0 Å². The Morgan fingerprint density at radius 3 is 1.81 bits per heavy atom. The highest BCUT2D eigenvalue weighted by Gasteiger charge is 2.19. The first kappa shape index (κ1) is 23.4. The summed E-state index contributed by atoms with van der Waals surface area (Å²) in [6, 6.07) is 45.6. The van der Waals surface area contributed by atoms with Gasteiger partial charge in [-0.15, -0.1) is 0 Å². The summed E-state index contributed by atoms with van der Waals surface area (Å²) in [4.78, 5) is 0. The standard InChI is InChI=1S/C38H20N4O/c39-21-23-12-15-34-29(18-23)26-6-1-3-9-32(26)41(34)25-14-16-35-30(20-25)27-7-2-4-10-33(27)42(35)36-11-5-8-28-31-19-24(22-40)13-17-37(31)43-38(28)36/h1-20H. The second kappa shape index (κ2) is 8.60. The molecule has 0 aliphatic rings. The number of para-hydroxylation sites is 3. The molecule has 0 saturated carbocycles. The number of aromatic nitrogens is 2. The van der Waals surface area contributed by atoms with Gasteiger partial charge in [-0.3, -0.25) is 0 Å². The van der Waals surface area contributed by atoms with Crippen LogP contribution in [0.25, 0.3) is 76.9 Å². The third-order valence-corrected chi connectivity index (χ3v) is 8.56. The highest BCUT2D eigenvalue weighted by atomic mass is 16.3. The Balaban J connectivity index is 1.35. The van der Waals surface area contributed by atoms with Gasteiger partial charge in [-0.2, -0.15) is 10.5 Å². The Labute approximate surface area is 245 Å². The predicted octanol–water partition coefficient (Wildman–Crippen LogP) is 9.52. The summed E-state index contributed by atoms with van der Waals surface area (Å²) < 4.78 is 11.0. The van der Waals surface area contributed by atoms with E-state index < -0.39 is 0 Å². The minimum atomic E-state index is 0.610. The number of hydrogen-bond donors (Lipinski definition) is 0. The Morgan fingerprint density at radius 2 is 1.05 bits per heavy atom. The monoisotopic (exact) mass is 548 g/mol. The van der Waals surface area contributed by atoms with Crippen molar-refractivity contribution in [1.82, 2.24) is 9.13 Å². The fraction of sp³-hybridized carbons (Fsp3) is 0. The molecule has 0 saturated heterocycles. The molecule has 3 aromatic heterocycles. The van der Waals surface area contributed by atoms with Crippen LogP contribution in [0.5, 0.6) is 0 Å². The molecule has 0 N–H and O–H groups in total. The van der Waals surface area contributed by atoms with Crippen molar-refractivity contribution in [3.05, 3.63) is 132 Å². The van der Waals surface area contributed by atoms with E-state index in [1.165, 1.54) is 0 Å². The van der Waals surface area contributed by atoms with E-state index in [9.17, 15) is 10.5 Å². The van der Waals surface area contributed by atoms with Gasteiger partial charge in [-0.05, 0) is 72.8 Å². The molecule has 0 aliphatic heterocycles. The molecule has 0 atom stereocenters. The lowest BCUT2D eigenvalue weighted by atomic mass is 10.1. The second-order valence-electron chi connectivity index (χ2n) is 10.8. The van der Waals surface area contributed by atoms with Gasteiger partial charge in [0, 0.05) is 38.0 Å². The molecule has 0 aliphatic carbocycles. The molecule has 6 aromatic carbocycles. The van der Waals surface area contributed by atoms with Crippen molar-refractivity contribution in [2.45, 2.75) is 0 Å². The van der Waals surface area contributed by atoms with Crippen LogP contribution < -0.4 is 0 Å². The summed E-state index contributed by atoms with van der Waals surface area (Å²) in [5.41, 5.74) is 9.13. The molecular formula is C38H20N4O. The largest absolute Gasteiger partial charge is 0.454 e. The molecule has 0 spiro atoms. The van der Waals surface area contributed by atoms with Gasteiger partial charge in [0.25, 0.3) is 0 Å². The summed E-state index contributed by atoms with van der Waals surface area (Å²) in [7, 11) is 0. The zero-order valence-electron chi connectivity index (χ0n) is 22.7. The maximum Gasteiger partial charge on any atom is 0.159 e. The SMILES string of the molecule is N#Cc1ccc2oc3c(-n4c5ccccc5c5cc(-n6c7ccccc7c7cc(C#N)ccc76)ccc54)cccc3c2c1. The third-order valence-electron chi connectivity index (χ3n) is 8.56. The van der Waals surface area contributed by atoms with E-state index in [2.05, 4.69) is 94.1 Å². The van der Waals surface area contributed by atoms with Crippen LogP contribution in [0.15, 0.2) is 126 Å². The summed E-state index contributed by atoms with van der Waals surface area (Å²) in [6.07, 6.45) is 0. The molecule has 0 fully saturated rings. The van der Waals surface area contributed by atoms with Crippen molar-refractivity contribution in [1.29, 1.82) is 10.5 Å². The van der Waals surface area contributed by atoms with Crippen LogP contribution in [0.2, 0.25) is 0 Å². The quantitative estimate of drug-likeness (QED) is 0.216. The van der Waals surface area contributed by atoms with Crippen molar-refractivity contribution in [2.75, 3.05) is 0 Å². The van der Waals surface area contributed by atoms with Crippen molar-refractivity contribution >= 4 is 65.6 Å². The maximum absolute atomic E-state index is 9.56. The number of hydrogen-bond acceptors (Lipinski definition) is 3. The van der Waals surface area contributed by atoms with Crippen molar-refractivity contribution in [2.24, 2.45) is 0 Å². The molecular weight excluding hydrogens is 528 g/mol. The summed E-state index contributed by atoms with van der Waals surface area (Å²) in [5, 5.41) is 25.4. The molecule has 0 unspecified atom stereocenters. The lowest BCUT2D eigenvalue weighted by Crippen LogP contribution is -1.96. The Bertz CT molecular complexity index is 2710. The molecule has 43 heavy (non-hydrogen) atoms. The maximum atomic E-state index is 9.56. The molecule has 9 aromatic rings. The van der Waals surface area contributed by atoms with Crippen LogP contribution in [-0.4, -0.2) is 9.13 Å². The molecule has 9 rings (SSSR count). The average molecular weight is 549 g/mol. The topological polar surface area (TPSA) is 70.6 Å². The van der Waals surface area contributed by atoms with Gasteiger partial charge in [0.1, 0.15) is 5.58 Å². The van der Waals surface area contributed by atoms with Crippen LogP contribution in [0.3, 0.4) is 0 Å². The average Bonchev–Trinajstić information content (AvgIpc) is 3.71. The van der Waals surface area contributed by atoms with E-state index in [4.69, 9.17) is 4.42 Å². The Kier molecular flexibility index (Phi) is 4.68. The zero-order chi connectivity index (χ0) is 28.7. The number of rotatable bonds is 2. The number of fused-ring (bicyclic) bond motifs is 9. The van der Waals surface area contributed by atoms with Gasteiger partial charge in [-0.1, -0.05) is 48.5 Å². The first-order chi connectivity index (χ1) is 21.2. The fourth-order valence-electron chi connectivity index (χ4n) is 6.71. The van der Waals surface area contributed by atoms with E-state index >= 15 is 0 Å². The first-order valence-corrected chi connectivity index (χ1v) is 14.1. The second-order valence-corrected chi connectivity index (χ2v) is 10.8. The van der Waals surface area contributed by atoms with Gasteiger partial charge in [-0.25, -0.2) is 0 Å². The van der Waals surface area contributed by atoms with Gasteiger partial charge in [0.05, 0.1) is 51.0 Å². The minimum absolute atomic E-state index is 0.610. The highest BCUT2D eigenvalue weighted by molar-refractivity contribution is 6.14. The van der Waals surface area contributed by atoms with Crippen molar-refractivity contribution in [3.8, 4) is 23.5 Å². The number of benzene rings is 6. The number of nitriles is 2. The molecule has 0 radical (unpaired) electrons. The zero-order valence-corrected chi connectivity index (χ0v) is 22.7. The molecule has 5 heteroatoms. The van der Waals surface area contributed by atoms with E-state index in [0.717, 1.165) is 76.9 Å². The molecule has 0 amide bonds. The van der Waals surface area contributed by atoms with Crippen LogP contribution in [0.1, 0.15) is 11.1 Å². The lowest BCUT2D eigenvalue weighted by Gasteiger charge is -2.10. The summed E-state index contributed by atoms with van der Waals surface area (Å²) in [6.45, 7) is 0. The van der Waals surface area contributed by atoms with E-state index in [0.29, 0.717) is 11.1 Å². The fourth-order valence-corrected chi connectivity index (χ4v) is 6.71. The van der Waals surface area contributed by atoms with Crippen LogP contribution >= 0.6 is 0 Å². The van der Waals surface area contributed by atoms with Gasteiger partial charge < -0.3 is 13.6 Å². The van der Waals surface area contributed by atoms with E-state index in [1.807, 2.05) is 42.5 Å². The third kappa shape index (κ3) is 3.19.